The van der Waals surface area contributed by atoms with E-state index >= 15 is 0 Å². The van der Waals surface area contributed by atoms with E-state index in [2.05, 4.69) is 25.7 Å². The Morgan fingerprint density at radius 1 is 1.43 bits per heavy atom. The van der Waals surface area contributed by atoms with Crippen LogP contribution in [0.25, 0.3) is 0 Å². The van der Waals surface area contributed by atoms with E-state index in [1.165, 1.54) is 6.07 Å². The van der Waals surface area contributed by atoms with Crippen LogP contribution in [-0.4, -0.2) is 47.5 Å². The van der Waals surface area contributed by atoms with Crippen LogP contribution in [0.4, 0.5) is 4.39 Å². The summed E-state index contributed by atoms with van der Waals surface area (Å²) in [7, 11) is 3.42. The van der Waals surface area contributed by atoms with Crippen molar-refractivity contribution < 1.29 is 9.13 Å². The van der Waals surface area contributed by atoms with Gasteiger partial charge in [-0.25, -0.2) is 14.1 Å². The van der Waals surface area contributed by atoms with Gasteiger partial charge in [0, 0.05) is 38.6 Å². The molecule has 2 aliphatic rings. The first-order chi connectivity index (χ1) is 13.6. The van der Waals surface area contributed by atoms with Crippen LogP contribution in [0.5, 0.6) is 0 Å². The lowest BCUT2D eigenvalue weighted by Gasteiger charge is -2.26. The molecule has 1 aromatic heterocycles. The van der Waals surface area contributed by atoms with Gasteiger partial charge in [-0.2, -0.15) is 5.10 Å². The zero-order valence-corrected chi connectivity index (χ0v) is 16.4. The molecule has 2 N–H and O–H groups in total. The molecule has 1 aliphatic heterocycles. The quantitative estimate of drug-likeness (QED) is 0.585. The number of hydrogen-bond acceptors (Lipinski definition) is 4. The van der Waals surface area contributed by atoms with E-state index in [9.17, 15) is 4.39 Å². The van der Waals surface area contributed by atoms with Gasteiger partial charge in [-0.05, 0) is 37.0 Å². The lowest BCUT2D eigenvalue weighted by molar-refractivity contribution is 0.177. The number of nitrogens with one attached hydrogen (secondary N) is 2. The number of fused-ring (bicyclic) bond motifs is 1. The smallest absolute Gasteiger partial charge is 0.191 e. The molecule has 0 bridgehead atoms. The summed E-state index contributed by atoms with van der Waals surface area (Å²) in [6.07, 6.45) is 3.97. The first-order valence-electron chi connectivity index (χ1n) is 9.77. The third kappa shape index (κ3) is 4.01. The van der Waals surface area contributed by atoms with E-state index in [-0.39, 0.29) is 17.3 Å². The summed E-state index contributed by atoms with van der Waals surface area (Å²) in [5.74, 6) is 2.33. The first kappa shape index (κ1) is 18.9. The van der Waals surface area contributed by atoms with Crippen molar-refractivity contribution in [3.63, 3.8) is 0 Å². The van der Waals surface area contributed by atoms with Crippen molar-refractivity contribution in [1.29, 1.82) is 0 Å². The molecule has 150 valence electrons. The van der Waals surface area contributed by atoms with Gasteiger partial charge in [-0.15, -0.1) is 0 Å². The molecular formula is C20H27FN6O. The maximum atomic E-state index is 13.6. The Kier molecular flexibility index (Phi) is 5.30. The van der Waals surface area contributed by atoms with Crippen LogP contribution in [0.15, 0.2) is 29.3 Å². The van der Waals surface area contributed by atoms with Crippen LogP contribution in [-0.2, 0) is 29.7 Å². The number of rotatable bonds is 6. The predicted octanol–water partition coefficient (Wildman–Crippen LogP) is 1.78. The van der Waals surface area contributed by atoms with Crippen LogP contribution in [0.2, 0.25) is 0 Å². The molecule has 0 amide bonds. The Labute approximate surface area is 164 Å². The van der Waals surface area contributed by atoms with Crippen molar-refractivity contribution in [3.8, 4) is 0 Å². The van der Waals surface area contributed by atoms with E-state index in [1.807, 2.05) is 10.7 Å². The molecule has 0 saturated heterocycles. The molecule has 1 unspecified atom stereocenters. The molecule has 0 spiro atoms. The summed E-state index contributed by atoms with van der Waals surface area (Å²) in [5.41, 5.74) is 1.08. The van der Waals surface area contributed by atoms with Gasteiger partial charge in [-0.3, -0.25) is 4.99 Å². The van der Waals surface area contributed by atoms with Gasteiger partial charge >= 0.3 is 0 Å². The van der Waals surface area contributed by atoms with Gasteiger partial charge in [0.2, 0.25) is 0 Å². The number of guanidine groups is 1. The highest BCUT2D eigenvalue weighted by atomic mass is 19.1. The monoisotopic (exact) mass is 386 g/mol. The Hall–Kier alpha value is -2.48. The van der Waals surface area contributed by atoms with Gasteiger partial charge < -0.3 is 15.4 Å². The number of methoxy groups -OCH3 is 1. The number of aryl methyl sites for hydroxylation is 1. The largest absolute Gasteiger partial charge is 0.377 e. The predicted molar refractivity (Wildman–Crippen MR) is 105 cm³/mol. The zero-order valence-electron chi connectivity index (χ0n) is 16.4. The topological polar surface area (TPSA) is 76.4 Å². The lowest BCUT2D eigenvalue weighted by Crippen LogP contribution is -2.48. The summed E-state index contributed by atoms with van der Waals surface area (Å²) in [4.78, 5) is 8.88. The number of aromatic nitrogens is 3. The molecule has 7 nitrogen and oxygen atoms in total. The zero-order chi connectivity index (χ0) is 19.6. The molecule has 0 radical (unpaired) electrons. The van der Waals surface area contributed by atoms with E-state index in [0.717, 1.165) is 61.9 Å². The van der Waals surface area contributed by atoms with E-state index in [4.69, 9.17) is 4.74 Å². The Balaban J connectivity index is 1.34. The summed E-state index contributed by atoms with van der Waals surface area (Å²) in [6.45, 7) is 1.93. The van der Waals surface area contributed by atoms with Gasteiger partial charge in [-0.1, -0.05) is 12.1 Å². The second-order valence-electron chi connectivity index (χ2n) is 7.66. The van der Waals surface area contributed by atoms with Crippen molar-refractivity contribution in [3.05, 3.63) is 47.3 Å². The molecule has 28 heavy (non-hydrogen) atoms. The Bertz CT molecular complexity index is 860. The Morgan fingerprint density at radius 2 is 2.29 bits per heavy atom. The van der Waals surface area contributed by atoms with Gasteiger partial charge in [0.25, 0.3) is 0 Å². The number of benzene rings is 1. The fourth-order valence-corrected chi connectivity index (χ4v) is 3.85. The minimum Gasteiger partial charge on any atom is -0.377 e. The molecule has 8 heteroatoms. The summed E-state index contributed by atoms with van der Waals surface area (Å²) < 4.78 is 20.7. The normalized spacial score (nSPS) is 20.5. The summed E-state index contributed by atoms with van der Waals surface area (Å²) in [5, 5.41) is 11.4. The lowest BCUT2D eigenvalue weighted by atomic mass is 9.96. The highest BCUT2D eigenvalue weighted by Gasteiger charge is 2.44. The minimum atomic E-state index is -0.176. The first-order valence-corrected chi connectivity index (χ1v) is 9.77. The van der Waals surface area contributed by atoms with Crippen LogP contribution < -0.4 is 10.6 Å². The van der Waals surface area contributed by atoms with E-state index in [0.29, 0.717) is 6.61 Å². The highest BCUT2D eigenvalue weighted by molar-refractivity contribution is 5.80. The number of hydrogen-bond donors (Lipinski definition) is 2. The van der Waals surface area contributed by atoms with Crippen LogP contribution in [0.1, 0.15) is 36.5 Å². The molecule has 1 fully saturated rings. The van der Waals surface area contributed by atoms with Crippen molar-refractivity contribution >= 4 is 5.96 Å². The van der Waals surface area contributed by atoms with E-state index < -0.39 is 0 Å². The second-order valence-corrected chi connectivity index (χ2v) is 7.66. The van der Waals surface area contributed by atoms with Gasteiger partial charge in [0.15, 0.2) is 11.8 Å². The maximum Gasteiger partial charge on any atom is 0.191 e. The number of ether oxygens (including phenoxy) is 1. The van der Waals surface area contributed by atoms with Crippen LogP contribution in [0, 0.1) is 5.82 Å². The Morgan fingerprint density at radius 3 is 3.00 bits per heavy atom. The third-order valence-electron chi connectivity index (χ3n) is 5.62. The van der Waals surface area contributed by atoms with E-state index in [1.54, 1.807) is 26.3 Å². The average Bonchev–Trinajstić information content (AvgIpc) is 3.38. The second kappa shape index (κ2) is 7.87. The minimum absolute atomic E-state index is 0.0143. The summed E-state index contributed by atoms with van der Waals surface area (Å²) >= 11 is 0. The number of aliphatic imine (C=N–C) groups is 1. The van der Waals surface area contributed by atoms with Crippen molar-refractivity contribution in [2.75, 3.05) is 20.7 Å². The van der Waals surface area contributed by atoms with Gasteiger partial charge in [0.05, 0.1) is 6.54 Å². The third-order valence-corrected chi connectivity index (χ3v) is 5.62. The molecule has 2 heterocycles. The van der Waals surface area contributed by atoms with Gasteiger partial charge in [0.1, 0.15) is 18.2 Å². The molecule has 4 rings (SSSR count). The fraction of sp³-hybridized carbons (Fsp3) is 0.550. The van der Waals surface area contributed by atoms with Crippen LogP contribution in [0.3, 0.4) is 0 Å². The molecule has 1 aromatic carbocycles. The molecular weight excluding hydrogens is 359 g/mol. The SMILES string of the molecule is CN=C(NCC1(c2cccc(F)c2)CC1)NC1CCc2nc(COC)nn2C1. The van der Waals surface area contributed by atoms with Crippen LogP contribution >= 0.6 is 0 Å². The number of halogens is 1. The molecule has 1 saturated carbocycles. The maximum absolute atomic E-state index is 13.6. The highest BCUT2D eigenvalue weighted by Crippen LogP contribution is 2.47. The van der Waals surface area contributed by atoms with Crippen molar-refractivity contribution in [2.24, 2.45) is 4.99 Å². The average molecular weight is 386 g/mol. The molecule has 1 aliphatic carbocycles. The van der Waals surface area contributed by atoms with Crippen molar-refractivity contribution in [1.82, 2.24) is 25.4 Å². The number of nitrogens with zero attached hydrogens (tertiary/aromatic N) is 4. The standard InChI is InChI=1S/C20H27FN6O/c1-22-19(23-13-20(8-9-20)14-4-3-5-15(21)10-14)24-16-6-7-18-25-17(12-28-2)26-27(18)11-16/h3-5,10,16H,6-9,11-13H2,1-2H3,(H2,22,23,24). The summed E-state index contributed by atoms with van der Waals surface area (Å²) in [6, 6.07) is 7.18. The molecule has 1 atom stereocenters. The van der Waals surface area contributed by atoms with Crippen molar-refractivity contribution in [2.45, 2.75) is 50.3 Å². The fourth-order valence-electron chi connectivity index (χ4n) is 3.85. The molecule has 2 aromatic rings.